The molecular formula is C15H20N4O. The second kappa shape index (κ2) is 5.71. The van der Waals surface area contributed by atoms with Crippen LogP contribution in [0.3, 0.4) is 0 Å². The number of nitrogens with zero attached hydrogens (tertiary/aromatic N) is 3. The molecule has 0 aromatic carbocycles. The summed E-state index contributed by atoms with van der Waals surface area (Å²) in [5, 5.41) is 7.52. The maximum absolute atomic E-state index is 5.39. The van der Waals surface area contributed by atoms with E-state index in [1.54, 1.807) is 0 Å². The summed E-state index contributed by atoms with van der Waals surface area (Å²) in [5.74, 6) is 1.99. The van der Waals surface area contributed by atoms with Crippen molar-refractivity contribution in [1.29, 1.82) is 0 Å². The van der Waals surface area contributed by atoms with Crippen LogP contribution in [0.4, 0.5) is 0 Å². The van der Waals surface area contributed by atoms with E-state index >= 15 is 0 Å². The van der Waals surface area contributed by atoms with Crippen molar-refractivity contribution < 1.29 is 4.52 Å². The molecule has 0 spiro atoms. The molecule has 0 saturated carbocycles. The summed E-state index contributed by atoms with van der Waals surface area (Å²) in [6, 6.07) is 3.97. The largest absolute Gasteiger partial charge is 0.334 e. The van der Waals surface area contributed by atoms with Gasteiger partial charge in [-0.15, -0.1) is 0 Å². The maximum Gasteiger partial charge on any atom is 0.259 e. The highest BCUT2D eigenvalue weighted by Gasteiger charge is 2.18. The zero-order chi connectivity index (χ0) is 13.9. The molecule has 106 valence electrons. The van der Waals surface area contributed by atoms with E-state index in [0.717, 1.165) is 42.3 Å². The van der Waals surface area contributed by atoms with Gasteiger partial charge in [0.1, 0.15) is 0 Å². The topological polar surface area (TPSA) is 63.8 Å². The van der Waals surface area contributed by atoms with Gasteiger partial charge in [0.2, 0.25) is 0 Å². The summed E-state index contributed by atoms with van der Waals surface area (Å²) >= 11 is 0. The first kappa shape index (κ1) is 13.2. The number of pyridine rings is 1. The summed E-state index contributed by atoms with van der Waals surface area (Å²) in [6.07, 6.45) is 3.35. The first-order chi connectivity index (χ1) is 9.72. The van der Waals surface area contributed by atoms with Crippen molar-refractivity contribution in [2.75, 3.05) is 13.1 Å². The minimum atomic E-state index is 0.578. The summed E-state index contributed by atoms with van der Waals surface area (Å²) in [5.41, 5.74) is 2.86. The number of hydrogen-bond acceptors (Lipinski definition) is 5. The van der Waals surface area contributed by atoms with Crippen LogP contribution < -0.4 is 5.32 Å². The van der Waals surface area contributed by atoms with Crippen molar-refractivity contribution in [3.63, 3.8) is 0 Å². The van der Waals surface area contributed by atoms with Crippen molar-refractivity contribution in [3.8, 4) is 11.5 Å². The minimum Gasteiger partial charge on any atom is -0.334 e. The second-order valence-corrected chi connectivity index (χ2v) is 5.52. The number of aromatic nitrogens is 3. The normalized spacial score (nSPS) is 19.2. The Morgan fingerprint density at radius 2 is 2.20 bits per heavy atom. The average molecular weight is 272 g/mol. The average Bonchev–Trinajstić information content (AvgIpc) is 2.88. The predicted molar refractivity (Wildman–Crippen MR) is 76.3 cm³/mol. The van der Waals surface area contributed by atoms with Gasteiger partial charge in [-0.3, -0.25) is 4.98 Å². The van der Waals surface area contributed by atoms with E-state index in [9.17, 15) is 0 Å². The second-order valence-electron chi connectivity index (χ2n) is 5.52. The smallest absolute Gasteiger partial charge is 0.259 e. The first-order valence-electron chi connectivity index (χ1n) is 7.20. The van der Waals surface area contributed by atoms with Crippen LogP contribution in [0.1, 0.15) is 30.1 Å². The van der Waals surface area contributed by atoms with E-state index < -0.39 is 0 Å². The Hall–Kier alpha value is -1.75. The van der Waals surface area contributed by atoms with Gasteiger partial charge in [-0.2, -0.15) is 4.98 Å². The molecule has 1 N–H and O–H groups in total. The van der Waals surface area contributed by atoms with Crippen molar-refractivity contribution in [2.24, 2.45) is 5.92 Å². The lowest BCUT2D eigenvalue weighted by Crippen LogP contribution is -2.31. The summed E-state index contributed by atoms with van der Waals surface area (Å²) in [7, 11) is 0. The van der Waals surface area contributed by atoms with Gasteiger partial charge in [0.15, 0.2) is 5.82 Å². The molecule has 1 atom stereocenters. The highest BCUT2D eigenvalue weighted by atomic mass is 16.5. The van der Waals surface area contributed by atoms with Gasteiger partial charge >= 0.3 is 0 Å². The summed E-state index contributed by atoms with van der Waals surface area (Å²) in [6.45, 7) is 6.13. The van der Waals surface area contributed by atoms with Crippen LogP contribution in [-0.2, 0) is 6.42 Å². The van der Waals surface area contributed by atoms with Gasteiger partial charge in [-0.1, -0.05) is 5.16 Å². The van der Waals surface area contributed by atoms with Crippen molar-refractivity contribution in [3.05, 3.63) is 29.3 Å². The van der Waals surface area contributed by atoms with Crippen LogP contribution >= 0.6 is 0 Å². The molecule has 1 aliphatic rings. The fraction of sp³-hybridized carbons (Fsp3) is 0.533. The quantitative estimate of drug-likeness (QED) is 0.928. The molecule has 1 fully saturated rings. The molecule has 20 heavy (non-hydrogen) atoms. The molecule has 5 heteroatoms. The van der Waals surface area contributed by atoms with Crippen LogP contribution in [0.25, 0.3) is 11.5 Å². The van der Waals surface area contributed by atoms with Gasteiger partial charge < -0.3 is 9.84 Å². The molecule has 5 nitrogen and oxygen atoms in total. The minimum absolute atomic E-state index is 0.578. The lowest BCUT2D eigenvalue weighted by Gasteiger charge is -2.20. The Bertz CT molecular complexity index is 587. The van der Waals surface area contributed by atoms with Gasteiger partial charge in [0, 0.05) is 12.1 Å². The zero-order valence-corrected chi connectivity index (χ0v) is 12.0. The molecule has 3 heterocycles. The van der Waals surface area contributed by atoms with E-state index in [-0.39, 0.29) is 0 Å². The number of aryl methyl sites for hydroxylation is 2. The Balaban J connectivity index is 1.75. The molecule has 0 amide bonds. The molecule has 0 aliphatic carbocycles. The molecule has 1 saturated heterocycles. The van der Waals surface area contributed by atoms with Crippen LogP contribution in [-0.4, -0.2) is 28.2 Å². The third kappa shape index (κ3) is 2.88. The third-order valence-corrected chi connectivity index (χ3v) is 3.79. The van der Waals surface area contributed by atoms with Gasteiger partial charge in [-0.25, -0.2) is 0 Å². The van der Waals surface area contributed by atoms with Gasteiger partial charge in [0.05, 0.1) is 11.3 Å². The van der Waals surface area contributed by atoms with Gasteiger partial charge in [-0.05, 0) is 57.8 Å². The summed E-state index contributed by atoms with van der Waals surface area (Å²) in [4.78, 5) is 8.96. The van der Waals surface area contributed by atoms with Crippen molar-refractivity contribution >= 4 is 0 Å². The maximum atomic E-state index is 5.39. The van der Waals surface area contributed by atoms with Crippen LogP contribution in [0, 0.1) is 19.8 Å². The van der Waals surface area contributed by atoms with Crippen LogP contribution in [0.5, 0.6) is 0 Å². The first-order valence-corrected chi connectivity index (χ1v) is 7.20. The Labute approximate surface area is 118 Å². The van der Waals surface area contributed by atoms with E-state index in [4.69, 9.17) is 4.52 Å². The fourth-order valence-electron chi connectivity index (χ4n) is 2.72. The molecule has 1 aliphatic heterocycles. The summed E-state index contributed by atoms with van der Waals surface area (Å²) < 4.78 is 5.39. The van der Waals surface area contributed by atoms with E-state index in [1.807, 2.05) is 26.0 Å². The molecule has 0 radical (unpaired) electrons. The van der Waals surface area contributed by atoms with E-state index in [1.165, 1.54) is 12.8 Å². The molecule has 0 bridgehead atoms. The Morgan fingerprint density at radius 1 is 1.30 bits per heavy atom. The predicted octanol–water partition coefficient (Wildman–Crippen LogP) is 2.29. The van der Waals surface area contributed by atoms with Crippen LogP contribution in [0.15, 0.2) is 16.7 Å². The lowest BCUT2D eigenvalue weighted by atomic mass is 9.96. The third-order valence-electron chi connectivity index (χ3n) is 3.79. The lowest BCUT2D eigenvalue weighted by molar-refractivity contribution is 0.360. The molecule has 2 aromatic heterocycles. The number of piperidine rings is 1. The van der Waals surface area contributed by atoms with Gasteiger partial charge in [0.25, 0.3) is 5.89 Å². The highest BCUT2D eigenvalue weighted by molar-refractivity contribution is 5.55. The SMILES string of the molecule is Cc1ccc(-c2nc(CC3CCCNC3)no2)c(C)n1. The number of nitrogens with one attached hydrogen (secondary N) is 1. The van der Waals surface area contributed by atoms with Crippen molar-refractivity contribution in [1.82, 2.24) is 20.4 Å². The number of rotatable bonds is 3. The molecule has 2 aromatic rings. The van der Waals surface area contributed by atoms with E-state index in [2.05, 4.69) is 20.4 Å². The highest BCUT2D eigenvalue weighted by Crippen LogP contribution is 2.22. The Morgan fingerprint density at radius 3 is 2.95 bits per heavy atom. The molecule has 3 rings (SSSR count). The molecular weight excluding hydrogens is 252 g/mol. The fourth-order valence-corrected chi connectivity index (χ4v) is 2.72. The monoisotopic (exact) mass is 272 g/mol. The molecule has 1 unspecified atom stereocenters. The zero-order valence-electron chi connectivity index (χ0n) is 12.0. The number of hydrogen-bond donors (Lipinski definition) is 1. The van der Waals surface area contributed by atoms with Crippen molar-refractivity contribution in [2.45, 2.75) is 33.1 Å². The Kier molecular flexibility index (Phi) is 3.78. The van der Waals surface area contributed by atoms with Crippen LogP contribution in [0.2, 0.25) is 0 Å². The van der Waals surface area contributed by atoms with E-state index in [0.29, 0.717) is 11.8 Å². The standard InChI is InChI=1S/C15H20N4O/c1-10-5-6-13(11(2)17-10)15-18-14(19-20-15)8-12-4-3-7-16-9-12/h5-6,12,16H,3-4,7-9H2,1-2H3.